The highest BCUT2D eigenvalue weighted by atomic mass is 32.2. The van der Waals surface area contributed by atoms with Gasteiger partial charge in [0.1, 0.15) is 0 Å². The smallest absolute Gasteiger partial charge is 0.0118 e. The van der Waals surface area contributed by atoms with Crippen molar-refractivity contribution in [1.29, 1.82) is 0 Å². The summed E-state index contributed by atoms with van der Waals surface area (Å²) < 4.78 is 2.48. The predicted molar refractivity (Wildman–Crippen MR) is 52.7 cm³/mol. The van der Waals surface area contributed by atoms with E-state index in [9.17, 15) is 0 Å². The minimum atomic E-state index is 0.877. The number of hydrogen-bond acceptors (Lipinski definition) is 2. The summed E-state index contributed by atoms with van der Waals surface area (Å²) in [6, 6.07) is 0. The first-order valence-corrected chi connectivity index (χ1v) is 5.69. The zero-order chi connectivity index (χ0) is 8.27. The van der Waals surface area contributed by atoms with Crippen LogP contribution in [0.15, 0.2) is 0 Å². The second-order valence-corrected chi connectivity index (χ2v) is 4.74. The van der Waals surface area contributed by atoms with E-state index in [1.165, 1.54) is 25.9 Å². The largest absolute Gasteiger partial charge is 0.251 e. The van der Waals surface area contributed by atoms with Gasteiger partial charge in [0.15, 0.2) is 0 Å². The summed E-state index contributed by atoms with van der Waals surface area (Å²) in [6.45, 7) is 7.27. The Morgan fingerprint density at radius 2 is 2.27 bits per heavy atom. The Hall–Kier alpha value is 0.310. The van der Waals surface area contributed by atoms with Crippen LogP contribution in [0, 0.1) is 11.8 Å². The maximum atomic E-state index is 2.48. The zero-order valence-corrected chi connectivity index (χ0v) is 8.66. The molecule has 11 heavy (non-hydrogen) atoms. The van der Waals surface area contributed by atoms with Crippen molar-refractivity contribution in [3.63, 3.8) is 0 Å². The van der Waals surface area contributed by atoms with Gasteiger partial charge in [0.2, 0.25) is 0 Å². The Bertz CT molecular complexity index is 114. The zero-order valence-electron chi connectivity index (χ0n) is 7.84. The van der Waals surface area contributed by atoms with E-state index in [-0.39, 0.29) is 0 Å². The predicted octanol–water partition coefficient (Wildman–Crippen LogP) is 2.63. The van der Waals surface area contributed by atoms with Crippen LogP contribution in [0.1, 0.15) is 26.7 Å². The molecular formula is C9H19NS. The highest BCUT2D eigenvalue weighted by molar-refractivity contribution is 7.96. The van der Waals surface area contributed by atoms with Gasteiger partial charge in [0.05, 0.1) is 0 Å². The molecule has 1 unspecified atom stereocenters. The summed E-state index contributed by atoms with van der Waals surface area (Å²) in [5.41, 5.74) is 0. The van der Waals surface area contributed by atoms with E-state index >= 15 is 0 Å². The molecule has 0 radical (unpaired) electrons. The molecule has 1 aliphatic heterocycles. The molecule has 1 nitrogen and oxygen atoms in total. The van der Waals surface area contributed by atoms with Gasteiger partial charge in [-0.15, -0.1) is 0 Å². The molecule has 0 aromatic rings. The Kier molecular flexibility index (Phi) is 3.73. The fraction of sp³-hybridized carbons (Fsp3) is 1.00. The molecule has 1 aliphatic rings. The van der Waals surface area contributed by atoms with Gasteiger partial charge in [-0.05, 0) is 30.9 Å². The first-order valence-electron chi connectivity index (χ1n) is 4.51. The second kappa shape index (κ2) is 4.36. The summed E-state index contributed by atoms with van der Waals surface area (Å²) in [6.07, 6.45) is 5.01. The van der Waals surface area contributed by atoms with Crippen LogP contribution in [-0.2, 0) is 0 Å². The number of nitrogens with zero attached hydrogens (tertiary/aromatic N) is 1. The minimum Gasteiger partial charge on any atom is -0.251 e. The Morgan fingerprint density at radius 3 is 2.73 bits per heavy atom. The lowest BCUT2D eigenvalue weighted by Crippen LogP contribution is -2.12. The molecule has 66 valence electrons. The molecule has 0 bridgehead atoms. The van der Waals surface area contributed by atoms with Gasteiger partial charge >= 0.3 is 0 Å². The molecule has 0 spiro atoms. The fourth-order valence-corrected chi connectivity index (χ4v) is 2.47. The van der Waals surface area contributed by atoms with Crippen LogP contribution in [0.3, 0.4) is 0 Å². The van der Waals surface area contributed by atoms with Crippen molar-refractivity contribution < 1.29 is 0 Å². The summed E-state index contributed by atoms with van der Waals surface area (Å²) in [4.78, 5) is 0. The van der Waals surface area contributed by atoms with Crippen molar-refractivity contribution in [3.05, 3.63) is 0 Å². The van der Waals surface area contributed by atoms with E-state index in [4.69, 9.17) is 0 Å². The highest BCUT2D eigenvalue weighted by Crippen LogP contribution is 2.26. The van der Waals surface area contributed by atoms with Crippen LogP contribution >= 0.6 is 11.9 Å². The van der Waals surface area contributed by atoms with E-state index in [1.807, 2.05) is 11.9 Å². The standard InChI is InChI=1S/C9H19NS/c1-8(2)6-9-4-5-10(7-9)11-3/h8-9H,4-7H2,1-3H3. The van der Waals surface area contributed by atoms with Gasteiger partial charge < -0.3 is 0 Å². The minimum absolute atomic E-state index is 0.877. The molecule has 0 aromatic carbocycles. The molecule has 1 rings (SSSR count). The van der Waals surface area contributed by atoms with Gasteiger partial charge in [-0.1, -0.05) is 25.8 Å². The molecule has 1 heterocycles. The molecule has 0 aliphatic carbocycles. The SMILES string of the molecule is CSN1CCC(CC(C)C)C1. The summed E-state index contributed by atoms with van der Waals surface area (Å²) in [7, 11) is 0. The fourth-order valence-electron chi connectivity index (χ4n) is 1.82. The van der Waals surface area contributed by atoms with Gasteiger partial charge in [-0.3, -0.25) is 4.31 Å². The van der Waals surface area contributed by atoms with E-state index in [0.29, 0.717) is 0 Å². The van der Waals surface area contributed by atoms with Crippen molar-refractivity contribution in [2.75, 3.05) is 19.3 Å². The summed E-state index contributed by atoms with van der Waals surface area (Å²) in [5.74, 6) is 1.85. The lowest BCUT2D eigenvalue weighted by molar-refractivity contribution is 0.422. The van der Waals surface area contributed by atoms with Crippen LogP contribution in [0.4, 0.5) is 0 Å². The first kappa shape index (κ1) is 9.40. The lowest BCUT2D eigenvalue weighted by Gasteiger charge is -2.13. The van der Waals surface area contributed by atoms with Crippen molar-refractivity contribution in [1.82, 2.24) is 4.31 Å². The molecule has 1 atom stereocenters. The van der Waals surface area contributed by atoms with Gasteiger partial charge in [0.25, 0.3) is 0 Å². The van der Waals surface area contributed by atoms with Gasteiger partial charge in [-0.25, -0.2) is 0 Å². The van der Waals surface area contributed by atoms with Crippen LogP contribution in [0.5, 0.6) is 0 Å². The molecule has 2 heteroatoms. The molecule has 0 saturated carbocycles. The van der Waals surface area contributed by atoms with Crippen molar-refractivity contribution in [3.8, 4) is 0 Å². The van der Waals surface area contributed by atoms with Crippen LogP contribution in [-0.4, -0.2) is 23.7 Å². The highest BCUT2D eigenvalue weighted by Gasteiger charge is 2.21. The van der Waals surface area contributed by atoms with E-state index in [0.717, 1.165) is 11.8 Å². The van der Waals surface area contributed by atoms with Crippen molar-refractivity contribution >= 4 is 11.9 Å². The third kappa shape index (κ3) is 3.04. The molecule has 0 amide bonds. The molecule has 1 saturated heterocycles. The topological polar surface area (TPSA) is 3.24 Å². The Labute approximate surface area is 74.7 Å². The van der Waals surface area contributed by atoms with Gasteiger partial charge in [-0.2, -0.15) is 0 Å². The summed E-state index contributed by atoms with van der Waals surface area (Å²) >= 11 is 1.90. The normalized spacial score (nSPS) is 26.7. The molecule has 0 N–H and O–H groups in total. The number of hydrogen-bond donors (Lipinski definition) is 0. The Morgan fingerprint density at radius 1 is 1.55 bits per heavy atom. The molecular weight excluding hydrogens is 154 g/mol. The monoisotopic (exact) mass is 173 g/mol. The maximum absolute atomic E-state index is 2.48. The lowest BCUT2D eigenvalue weighted by atomic mass is 9.97. The summed E-state index contributed by atoms with van der Waals surface area (Å²) in [5, 5.41) is 0. The van der Waals surface area contributed by atoms with Crippen LogP contribution in [0.25, 0.3) is 0 Å². The quantitative estimate of drug-likeness (QED) is 0.604. The Balaban J connectivity index is 2.19. The van der Waals surface area contributed by atoms with Crippen molar-refractivity contribution in [2.24, 2.45) is 11.8 Å². The van der Waals surface area contributed by atoms with E-state index < -0.39 is 0 Å². The molecule has 1 fully saturated rings. The second-order valence-electron chi connectivity index (χ2n) is 3.85. The first-order chi connectivity index (χ1) is 5.22. The van der Waals surface area contributed by atoms with E-state index in [2.05, 4.69) is 24.4 Å². The third-order valence-corrected chi connectivity index (χ3v) is 3.16. The average Bonchev–Trinajstić information content (AvgIpc) is 2.34. The van der Waals surface area contributed by atoms with Gasteiger partial charge in [0, 0.05) is 13.1 Å². The van der Waals surface area contributed by atoms with Crippen molar-refractivity contribution in [2.45, 2.75) is 26.7 Å². The van der Waals surface area contributed by atoms with E-state index in [1.54, 1.807) is 0 Å². The number of rotatable bonds is 3. The molecule has 0 aromatic heterocycles. The van der Waals surface area contributed by atoms with Crippen LogP contribution in [0.2, 0.25) is 0 Å². The maximum Gasteiger partial charge on any atom is 0.0118 e. The third-order valence-electron chi connectivity index (χ3n) is 2.31. The average molecular weight is 173 g/mol. The van der Waals surface area contributed by atoms with Crippen LogP contribution < -0.4 is 0 Å².